The first-order chi connectivity index (χ1) is 39.0. The predicted octanol–water partition coefficient (Wildman–Crippen LogP) is 24.8. The highest BCUT2D eigenvalue weighted by atomic mass is 16.6. The summed E-state index contributed by atoms with van der Waals surface area (Å²) >= 11 is 0. The molecule has 0 amide bonds. The average Bonchev–Trinajstić information content (AvgIpc) is 3.45. The highest BCUT2D eigenvalue weighted by Crippen LogP contribution is 2.19. The van der Waals surface area contributed by atoms with Crippen LogP contribution in [0.3, 0.4) is 0 Å². The molecule has 1 atom stereocenters. The van der Waals surface area contributed by atoms with E-state index in [-0.39, 0.29) is 31.1 Å². The number of ether oxygens (including phenoxy) is 3. The number of carbonyl (C=O) groups excluding carboxylic acids is 3. The van der Waals surface area contributed by atoms with Gasteiger partial charge in [-0.3, -0.25) is 14.4 Å². The quantitative estimate of drug-likeness (QED) is 0.0261. The predicted molar refractivity (Wildman–Crippen MR) is 344 cm³/mol. The third-order valence-electron chi connectivity index (χ3n) is 16.8. The van der Waals surface area contributed by atoms with Gasteiger partial charge in [0.25, 0.3) is 0 Å². The van der Waals surface area contributed by atoms with Crippen molar-refractivity contribution < 1.29 is 28.6 Å². The Morgan fingerprint density at radius 3 is 0.633 bits per heavy atom. The molecule has 0 saturated carbocycles. The van der Waals surface area contributed by atoms with Gasteiger partial charge in [0.05, 0.1) is 0 Å². The zero-order valence-corrected chi connectivity index (χ0v) is 53.9. The van der Waals surface area contributed by atoms with Crippen molar-refractivity contribution in [1.29, 1.82) is 0 Å². The maximum atomic E-state index is 13.0. The van der Waals surface area contributed by atoms with Gasteiger partial charge in [-0.2, -0.15) is 0 Å². The van der Waals surface area contributed by atoms with Crippen LogP contribution < -0.4 is 0 Å². The van der Waals surface area contributed by atoms with Crippen LogP contribution in [0.25, 0.3) is 0 Å². The number of carbonyl (C=O) groups is 3. The summed E-state index contributed by atoms with van der Waals surface area (Å²) in [5.41, 5.74) is 0. The van der Waals surface area contributed by atoms with E-state index in [9.17, 15) is 14.4 Å². The standard InChI is InChI=1S/C73H140O6/c1-4-7-10-13-16-19-22-25-28-30-32-34-35-36-37-39-40-42-45-48-51-54-57-60-63-66-72(75)78-69-70(68-77-71(74)65-62-59-56-53-50-47-44-27-24-21-18-15-12-9-6-3)79-73(76)67-64-61-58-55-52-49-46-43-41-38-33-31-29-26-23-20-17-14-11-8-5-2/h31,33,70H,4-30,32,34-69H2,1-3H3/b33-31-. The Morgan fingerprint density at radius 1 is 0.241 bits per heavy atom. The highest BCUT2D eigenvalue weighted by molar-refractivity contribution is 5.71. The lowest BCUT2D eigenvalue weighted by Gasteiger charge is -2.18. The summed E-state index contributed by atoms with van der Waals surface area (Å²) in [6, 6.07) is 0. The number of hydrogen-bond acceptors (Lipinski definition) is 6. The monoisotopic (exact) mass is 1110 g/mol. The van der Waals surface area contributed by atoms with Gasteiger partial charge in [-0.1, -0.05) is 367 Å². The second-order valence-corrected chi connectivity index (χ2v) is 24.9. The highest BCUT2D eigenvalue weighted by Gasteiger charge is 2.19. The van der Waals surface area contributed by atoms with Crippen LogP contribution in [0.15, 0.2) is 12.2 Å². The van der Waals surface area contributed by atoms with E-state index in [0.29, 0.717) is 19.3 Å². The van der Waals surface area contributed by atoms with Crippen molar-refractivity contribution in [3.05, 3.63) is 12.2 Å². The molecule has 0 radical (unpaired) electrons. The minimum atomic E-state index is -0.768. The number of allylic oxidation sites excluding steroid dienone is 2. The number of esters is 3. The summed E-state index contributed by atoms with van der Waals surface area (Å²) in [5.74, 6) is -0.828. The van der Waals surface area contributed by atoms with Gasteiger partial charge >= 0.3 is 17.9 Å². The minimum Gasteiger partial charge on any atom is -0.462 e. The molecule has 0 aromatic heterocycles. The molecule has 0 bridgehead atoms. The smallest absolute Gasteiger partial charge is 0.306 e. The molecular weight excluding hydrogens is 973 g/mol. The van der Waals surface area contributed by atoms with E-state index in [4.69, 9.17) is 14.2 Å². The van der Waals surface area contributed by atoms with E-state index in [1.165, 1.54) is 321 Å². The Labute approximate surface area is 494 Å². The molecule has 0 fully saturated rings. The molecule has 79 heavy (non-hydrogen) atoms. The topological polar surface area (TPSA) is 78.9 Å². The molecule has 0 aromatic carbocycles. The first-order valence-electron chi connectivity index (χ1n) is 36.2. The normalized spacial score (nSPS) is 12.0. The first-order valence-corrected chi connectivity index (χ1v) is 36.2. The van der Waals surface area contributed by atoms with Crippen molar-refractivity contribution in [3.8, 4) is 0 Å². The van der Waals surface area contributed by atoms with Gasteiger partial charge in [0.1, 0.15) is 13.2 Å². The van der Waals surface area contributed by atoms with E-state index >= 15 is 0 Å². The average molecular weight is 1110 g/mol. The Morgan fingerprint density at radius 2 is 0.418 bits per heavy atom. The van der Waals surface area contributed by atoms with Crippen molar-refractivity contribution in [2.45, 2.75) is 425 Å². The molecule has 0 N–H and O–H groups in total. The molecule has 0 spiro atoms. The van der Waals surface area contributed by atoms with E-state index < -0.39 is 6.10 Å². The largest absolute Gasteiger partial charge is 0.462 e. The number of hydrogen-bond donors (Lipinski definition) is 0. The number of unbranched alkanes of at least 4 members (excludes halogenated alkanes) is 55. The molecule has 0 rings (SSSR count). The second kappa shape index (κ2) is 68.6. The van der Waals surface area contributed by atoms with E-state index in [1.54, 1.807) is 0 Å². The second-order valence-electron chi connectivity index (χ2n) is 24.9. The lowest BCUT2D eigenvalue weighted by molar-refractivity contribution is -0.167. The fourth-order valence-corrected chi connectivity index (χ4v) is 11.3. The third kappa shape index (κ3) is 66.8. The van der Waals surface area contributed by atoms with E-state index in [0.717, 1.165) is 57.8 Å². The zero-order valence-electron chi connectivity index (χ0n) is 53.9. The summed E-state index contributed by atoms with van der Waals surface area (Å²) in [7, 11) is 0. The Bertz CT molecular complexity index is 1230. The third-order valence-corrected chi connectivity index (χ3v) is 16.8. The Hall–Kier alpha value is -1.85. The molecule has 0 heterocycles. The van der Waals surface area contributed by atoms with Gasteiger partial charge in [-0.25, -0.2) is 0 Å². The minimum absolute atomic E-state index is 0.0636. The maximum Gasteiger partial charge on any atom is 0.306 e. The van der Waals surface area contributed by atoms with Gasteiger partial charge in [-0.15, -0.1) is 0 Å². The molecule has 1 unspecified atom stereocenters. The molecule has 6 nitrogen and oxygen atoms in total. The molecule has 0 aliphatic rings. The van der Waals surface area contributed by atoms with Gasteiger partial charge < -0.3 is 14.2 Å². The van der Waals surface area contributed by atoms with Gasteiger partial charge in [-0.05, 0) is 44.9 Å². The molecular formula is C73H140O6. The summed E-state index contributed by atoms with van der Waals surface area (Å²) in [6.45, 7) is 6.74. The molecule has 0 aliphatic carbocycles. The molecule has 0 saturated heterocycles. The van der Waals surface area contributed by atoms with Gasteiger partial charge in [0, 0.05) is 19.3 Å². The summed E-state index contributed by atoms with van der Waals surface area (Å²) in [6.07, 6.45) is 82.4. The van der Waals surface area contributed by atoms with Crippen molar-refractivity contribution >= 4 is 17.9 Å². The maximum absolute atomic E-state index is 13.0. The van der Waals surface area contributed by atoms with Crippen LogP contribution in [-0.2, 0) is 28.6 Å². The van der Waals surface area contributed by atoms with Crippen LogP contribution in [0.4, 0.5) is 0 Å². The van der Waals surface area contributed by atoms with Crippen molar-refractivity contribution in [3.63, 3.8) is 0 Å². The Balaban J connectivity index is 4.23. The van der Waals surface area contributed by atoms with E-state index in [2.05, 4.69) is 32.9 Å². The van der Waals surface area contributed by atoms with Crippen LogP contribution in [0, 0.1) is 0 Å². The van der Waals surface area contributed by atoms with Crippen molar-refractivity contribution in [2.24, 2.45) is 0 Å². The van der Waals surface area contributed by atoms with Crippen LogP contribution in [0.1, 0.15) is 419 Å². The lowest BCUT2D eigenvalue weighted by Crippen LogP contribution is -2.30. The SMILES string of the molecule is CCCCCCCCCC/C=C\CCCCCCCCCCCC(=O)OC(COC(=O)CCCCCCCCCCCCCCCCC)COC(=O)CCCCCCCCCCCCCCCCCCCCCCCCCCC. The van der Waals surface area contributed by atoms with E-state index in [1.807, 2.05) is 0 Å². The van der Waals surface area contributed by atoms with Crippen LogP contribution in [0.5, 0.6) is 0 Å². The van der Waals surface area contributed by atoms with Gasteiger partial charge in [0.2, 0.25) is 0 Å². The van der Waals surface area contributed by atoms with Crippen LogP contribution in [-0.4, -0.2) is 37.2 Å². The first kappa shape index (κ1) is 77.2. The summed E-state index contributed by atoms with van der Waals surface area (Å²) in [5, 5.41) is 0. The molecule has 6 heteroatoms. The van der Waals surface area contributed by atoms with Crippen LogP contribution in [0.2, 0.25) is 0 Å². The fraction of sp³-hybridized carbons (Fsp3) is 0.932. The molecule has 0 aromatic rings. The van der Waals surface area contributed by atoms with Crippen molar-refractivity contribution in [2.75, 3.05) is 13.2 Å². The van der Waals surface area contributed by atoms with Crippen molar-refractivity contribution in [1.82, 2.24) is 0 Å². The number of rotatable bonds is 68. The van der Waals surface area contributed by atoms with Gasteiger partial charge in [0.15, 0.2) is 6.10 Å². The Kier molecular flexibility index (Phi) is 67.0. The zero-order chi connectivity index (χ0) is 57.1. The molecule has 468 valence electrons. The molecule has 0 aliphatic heterocycles. The summed E-state index contributed by atoms with van der Waals surface area (Å²) < 4.78 is 17.0. The lowest BCUT2D eigenvalue weighted by atomic mass is 10.0. The summed E-state index contributed by atoms with van der Waals surface area (Å²) in [4.78, 5) is 38.5. The van der Waals surface area contributed by atoms with Crippen LogP contribution >= 0.6 is 0 Å². The fourth-order valence-electron chi connectivity index (χ4n) is 11.3.